The maximum absolute atomic E-state index is 13.1. The fraction of sp³-hybridized carbons (Fsp3) is 0.333. The number of nitrogens with zero attached hydrogens (tertiary/aromatic N) is 2. The molecule has 1 amide bonds. The number of carbonyl (C=O) groups is 1. The molecule has 0 fully saturated rings. The van der Waals surface area contributed by atoms with Gasteiger partial charge in [-0.15, -0.1) is 0 Å². The molecule has 1 unspecified atom stereocenters. The largest absolute Gasteiger partial charge is 0.422 e. The van der Waals surface area contributed by atoms with E-state index in [0.29, 0.717) is 11.4 Å². The lowest BCUT2D eigenvalue weighted by atomic mass is 9.90. The quantitative estimate of drug-likeness (QED) is 0.744. The summed E-state index contributed by atoms with van der Waals surface area (Å²) in [5, 5.41) is 0. The maximum Gasteiger partial charge on any atom is 0.261 e. The standard InChI is InChI=1S/C21H23FN2O2/c1-4-7-17-18(5-2)24(20(25)15-9-6-8-14(3)12-15)21(17)26-19-11-10-16(22)13-23-19/h6,8-13,18H,4-5,7H2,1-3H3. The van der Waals surface area contributed by atoms with E-state index < -0.39 is 5.82 Å². The zero-order valence-corrected chi connectivity index (χ0v) is 15.3. The third-order valence-electron chi connectivity index (χ3n) is 4.50. The number of hydrogen-bond donors (Lipinski definition) is 0. The molecular formula is C21H23FN2O2. The molecule has 136 valence electrons. The van der Waals surface area contributed by atoms with Gasteiger partial charge in [0.05, 0.1) is 12.2 Å². The van der Waals surface area contributed by atoms with Crippen molar-refractivity contribution in [2.24, 2.45) is 0 Å². The molecule has 0 aliphatic carbocycles. The summed E-state index contributed by atoms with van der Waals surface area (Å²) >= 11 is 0. The summed E-state index contributed by atoms with van der Waals surface area (Å²) in [6, 6.07) is 10.3. The van der Waals surface area contributed by atoms with Crippen molar-refractivity contribution in [3.8, 4) is 5.88 Å². The van der Waals surface area contributed by atoms with Crippen molar-refractivity contribution in [2.45, 2.75) is 46.1 Å². The molecule has 3 rings (SSSR count). The third kappa shape index (κ3) is 3.47. The zero-order valence-electron chi connectivity index (χ0n) is 15.3. The van der Waals surface area contributed by atoms with Gasteiger partial charge in [-0.25, -0.2) is 9.37 Å². The van der Waals surface area contributed by atoms with Gasteiger partial charge >= 0.3 is 0 Å². The molecule has 1 aromatic heterocycles. The third-order valence-corrected chi connectivity index (χ3v) is 4.50. The first kappa shape index (κ1) is 18.1. The average molecular weight is 354 g/mol. The Morgan fingerprint density at radius 1 is 1.27 bits per heavy atom. The van der Waals surface area contributed by atoms with E-state index in [1.54, 1.807) is 4.90 Å². The highest BCUT2D eigenvalue weighted by atomic mass is 19.1. The average Bonchev–Trinajstić information content (AvgIpc) is 2.63. The molecule has 0 saturated carbocycles. The van der Waals surface area contributed by atoms with Crippen LogP contribution < -0.4 is 4.74 Å². The second-order valence-electron chi connectivity index (χ2n) is 6.47. The number of aryl methyl sites for hydroxylation is 1. The first-order valence-corrected chi connectivity index (χ1v) is 8.97. The summed E-state index contributed by atoms with van der Waals surface area (Å²) in [6.07, 6.45) is 3.74. The Kier molecular flexibility index (Phi) is 5.35. The van der Waals surface area contributed by atoms with Crippen molar-refractivity contribution >= 4 is 5.91 Å². The fourth-order valence-corrected chi connectivity index (χ4v) is 3.29. The smallest absolute Gasteiger partial charge is 0.261 e. The number of amides is 1. The summed E-state index contributed by atoms with van der Waals surface area (Å²) in [6.45, 7) is 6.12. The van der Waals surface area contributed by atoms with Crippen molar-refractivity contribution in [1.29, 1.82) is 0 Å². The van der Waals surface area contributed by atoms with Crippen LogP contribution in [0.3, 0.4) is 0 Å². The van der Waals surface area contributed by atoms with Crippen molar-refractivity contribution in [3.05, 3.63) is 71.0 Å². The van der Waals surface area contributed by atoms with Crippen LogP contribution in [0.2, 0.25) is 0 Å². The second kappa shape index (κ2) is 7.68. The maximum atomic E-state index is 13.1. The number of aromatic nitrogens is 1. The van der Waals surface area contributed by atoms with Crippen LogP contribution in [-0.2, 0) is 0 Å². The van der Waals surface area contributed by atoms with Gasteiger partial charge in [0.2, 0.25) is 11.8 Å². The van der Waals surface area contributed by atoms with E-state index in [0.717, 1.165) is 36.6 Å². The van der Waals surface area contributed by atoms with Gasteiger partial charge in [-0.3, -0.25) is 9.69 Å². The molecule has 0 bridgehead atoms. The number of hydrogen-bond acceptors (Lipinski definition) is 3. The van der Waals surface area contributed by atoms with Gasteiger partial charge in [0.1, 0.15) is 5.82 Å². The van der Waals surface area contributed by atoms with Crippen molar-refractivity contribution in [2.75, 3.05) is 0 Å². The van der Waals surface area contributed by atoms with Crippen LogP contribution in [0, 0.1) is 12.7 Å². The van der Waals surface area contributed by atoms with E-state index in [9.17, 15) is 9.18 Å². The van der Waals surface area contributed by atoms with Crippen LogP contribution in [0.15, 0.2) is 54.1 Å². The molecule has 4 nitrogen and oxygen atoms in total. The molecular weight excluding hydrogens is 331 g/mol. The van der Waals surface area contributed by atoms with E-state index in [4.69, 9.17) is 4.74 Å². The minimum Gasteiger partial charge on any atom is -0.422 e. The molecule has 0 radical (unpaired) electrons. The number of ether oxygens (including phenoxy) is 1. The highest BCUT2D eigenvalue weighted by molar-refractivity contribution is 5.96. The van der Waals surface area contributed by atoms with Gasteiger partial charge in [0, 0.05) is 17.2 Å². The van der Waals surface area contributed by atoms with Crippen LogP contribution >= 0.6 is 0 Å². The Bertz CT molecular complexity index is 830. The Labute approximate surface area is 153 Å². The number of rotatable bonds is 6. The predicted molar refractivity (Wildman–Crippen MR) is 98.2 cm³/mol. The van der Waals surface area contributed by atoms with Crippen LogP contribution in [0.5, 0.6) is 5.88 Å². The lowest BCUT2D eigenvalue weighted by molar-refractivity contribution is 0.0555. The SMILES string of the molecule is CCCC1=C(Oc2ccc(F)cn2)N(C(=O)c2cccc(C)c2)C1CC. The van der Waals surface area contributed by atoms with E-state index >= 15 is 0 Å². The second-order valence-corrected chi connectivity index (χ2v) is 6.47. The van der Waals surface area contributed by atoms with E-state index in [-0.39, 0.29) is 17.8 Å². The van der Waals surface area contributed by atoms with Crippen LogP contribution in [0.25, 0.3) is 0 Å². The van der Waals surface area contributed by atoms with Crippen LogP contribution in [0.1, 0.15) is 49.0 Å². The van der Waals surface area contributed by atoms with Gasteiger partial charge in [-0.2, -0.15) is 0 Å². The molecule has 2 aromatic rings. The Hall–Kier alpha value is -2.69. The highest BCUT2D eigenvalue weighted by Crippen LogP contribution is 2.38. The monoisotopic (exact) mass is 354 g/mol. The van der Waals surface area contributed by atoms with Gasteiger partial charge < -0.3 is 4.74 Å². The molecule has 0 saturated heterocycles. The summed E-state index contributed by atoms with van der Waals surface area (Å²) < 4.78 is 19.0. The summed E-state index contributed by atoms with van der Waals surface area (Å²) in [5.41, 5.74) is 2.78. The minimum absolute atomic E-state index is 0.0263. The number of halogens is 1. The van der Waals surface area contributed by atoms with E-state index in [1.807, 2.05) is 31.2 Å². The van der Waals surface area contributed by atoms with Gasteiger partial charge in [-0.05, 0) is 38.0 Å². The normalized spacial score (nSPS) is 16.5. The minimum atomic E-state index is -0.423. The highest BCUT2D eigenvalue weighted by Gasteiger charge is 2.42. The molecule has 0 N–H and O–H groups in total. The first-order valence-electron chi connectivity index (χ1n) is 8.97. The Balaban J connectivity index is 1.93. The zero-order chi connectivity index (χ0) is 18.7. The topological polar surface area (TPSA) is 42.4 Å². The molecule has 0 spiro atoms. The summed E-state index contributed by atoms with van der Waals surface area (Å²) in [5.74, 6) is 0.307. The van der Waals surface area contributed by atoms with Crippen molar-refractivity contribution in [1.82, 2.24) is 9.88 Å². The van der Waals surface area contributed by atoms with Gasteiger partial charge in [0.15, 0.2) is 0 Å². The van der Waals surface area contributed by atoms with Gasteiger partial charge in [0.25, 0.3) is 5.91 Å². The molecule has 1 atom stereocenters. The van der Waals surface area contributed by atoms with Gasteiger partial charge in [-0.1, -0.05) is 38.0 Å². The van der Waals surface area contributed by atoms with Crippen molar-refractivity contribution < 1.29 is 13.9 Å². The molecule has 1 aliphatic heterocycles. The number of carbonyl (C=O) groups excluding carboxylic acids is 1. The lowest BCUT2D eigenvalue weighted by Crippen LogP contribution is -2.51. The summed E-state index contributed by atoms with van der Waals surface area (Å²) in [4.78, 5) is 18.7. The van der Waals surface area contributed by atoms with Crippen LogP contribution in [-0.4, -0.2) is 21.8 Å². The first-order chi connectivity index (χ1) is 12.5. The van der Waals surface area contributed by atoms with E-state index in [2.05, 4.69) is 18.8 Å². The molecule has 2 heterocycles. The molecule has 5 heteroatoms. The van der Waals surface area contributed by atoms with E-state index in [1.165, 1.54) is 12.1 Å². The fourth-order valence-electron chi connectivity index (χ4n) is 3.29. The lowest BCUT2D eigenvalue weighted by Gasteiger charge is -2.43. The number of pyridine rings is 1. The van der Waals surface area contributed by atoms with Crippen LogP contribution in [0.4, 0.5) is 4.39 Å². The Morgan fingerprint density at radius 2 is 2.08 bits per heavy atom. The summed E-state index contributed by atoms with van der Waals surface area (Å²) in [7, 11) is 0. The molecule has 1 aromatic carbocycles. The van der Waals surface area contributed by atoms with Crippen molar-refractivity contribution in [3.63, 3.8) is 0 Å². The Morgan fingerprint density at radius 3 is 2.69 bits per heavy atom. The predicted octanol–water partition coefficient (Wildman–Crippen LogP) is 4.85. The molecule has 26 heavy (non-hydrogen) atoms. The molecule has 1 aliphatic rings. The number of benzene rings is 1.